The highest BCUT2D eigenvalue weighted by molar-refractivity contribution is 6.00. The van der Waals surface area contributed by atoms with Gasteiger partial charge < -0.3 is 15.2 Å². The summed E-state index contributed by atoms with van der Waals surface area (Å²) in [5, 5.41) is 13.8. The lowest BCUT2D eigenvalue weighted by Crippen LogP contribution is -2.49. The molecule has 2 N–H and O–H groups in total. The first-order chi connectivity index (χ1) is 15.8. The van der Waals surface area contributed by atoms with Crippen molar-refractivity contribution in [1.29, 1.82) is 0 Å². The minimum absolute atomic E-state index is 0.0564. The van der Waals surface area contributed by atoms with Crippen LogP contribution >= 0.6 is 0 Å². The van der Waals surface area contributed by atoms with Gasteiger partial charge in [-0.05, 0) is 44.6 Å². The normalized spacial score (nSPS) is 19.2. The van der Waals surface area contributed by atoms with Gasteiger partial charge >= 0.3 is 0 Å². The van der Waals surface area contributed by atoms with Crippen molar-refractivity contribution in [2.45, 2.75) is 52.5 Å². The lowest BCUT2D eigenvalue weighted by atomic mass is 9.79. The van der Waals surface area contributed by atoms with E-state index < -0.39 is 6.04 Å². The number of carbonyl (C=O) groups is 2. The summed E-state index contributed by atoms with van der Waals surface area (Å²) in [5.74, 6) is 1.20. The SMILES string of the molecule is Cc1noc(C)c1-c1ncc(NC(=O)C(NC(=O)c2ccnn2C)C2CCC(C)CC2)cn1. The van der Waals surface area contributed by atoms with Crippen molar-refractivity contribution in [2.24, 2.45) is 18.9 Å². The standard InChI is InChI=1S/C23H29N7O3/c1-13-5-7-16(8-6-13)20(28-22(31)18-9-10-26-30(18)4)23(32)27-17-11-24-21(25-12-17)19-14(2)29-33-15(19)3/h9-13,16,20H,5-8H2,1-4H3,(H,27,32)(H,28,31). The maximum Gasteiger partial charge on any atom is 0.270 e. The van der Waals surface area contributed by atoms with E-state index in [0.717, 1.165) is 31.2 Å². The van der Waals surface area contributed by atoms with E-state index >= 15 is 0 Å². The summed E-state index contributed by atoms with van der Waals surface area (Å²) in [6, 6.07) is 0.969. The van der Waals surface area contributed by atoms with Gasteiger partial charge in [0, 0.05) is 13.2 Å². The van der Waals surface area contributed by atoms with E-state index in [2.05, 4.69) is 37.8 Å². The highest BCUT2D eigenvalue weighted by atomic mass is 16.5. The Balaban J connectivity index is 1.51. The van der Waals surface area contributed by atoms with E-state index in [1.54, 1.807) is 38.6 Å². The molecular formula is C23H29N7O3. The van der Waals surface area contributed by atoms with Crippen LogP contribution < -0.4 is 10.6 Å². The molecule has 33 heavy (non-hydrogen) atoms. The summed E-state index contributed by atoms with van der Waals surface area (Å²) >= 11 is 0. The molecule has 0 radical (unpaired) electrons. The number of amides is 2. The average molecular weight is 452 g/mol. The summed E-state index contributed by atoms with van der Waals surface area (Å²) < 4.78 is 6.68. The number of anilines is 1. The second-order valence-electron chi connectivity index (χ2n) is 8.79. The van der Waals surface area contributed by atoms with Crippen LogP contribution in [0.5, 0.6) is 0 Å². The summed E-state index contributed by atoms with van der Waals surface area (Å²) in [6.45, 7) is 5.85. The Hall–Kier alpha value is -3.56. The monoisotopic (exact) mass is 451 g/mol. The fourth-order valence-corrected chi connectivity index (χ4v) is 4.37. The van der Waals surface area contributed by atoms with Gasteiger partial charge in [-0.1, -0.05) is 24.9 Å². The molecule has 0 aromatic carbocycles. The first-order valence-corrected chi connectivity index (χ1v) is 11.2. The van der Waals surface area contributed by atoms with Crippen LogP contribution in [0.2, 0.25) is 0 Å². The third-order valence-electron chi connectivity index (χ3n) is 6.33. The van der Waals surface area contributed by atoms with Crippen LogP contribution in [0.15, 0.2) is 29.2 Å². The van der Waals surface area contributed by atoms with Crippen molar-refractivity contribution in [1.82, 2.24) is 30.2 Å². The number of aryl methyl sites for hydroxylation is 3. The smallest absolute Gasteiger partial charge is 0.270 e. The first-order valence-electron chi connectivity index (χ1n) is 11.2. The van der Waals surface area contributed by atoms with Gasteiger partial charge in [-0.15, -0.1) is 0 Å². The molecule has 174 valence electrons. The summed E-state index contributed by atoms with van der Waals surface area (Å²) in [6.07, 6.45) is 8.49. The Kier molecular flexibility index (Phi) is 6.52. The van der Waals surface area contributed by atoms with Crippen LogP contribution in [-0.2, 0) is 11.8 Å². The van der Waals surface area contributed by atoms with Crippen molar-refractivity contribution in [3.63, 3.8) is 0 Å². The van der Waals surface area contributed by atoms with Crippen LogP contribution in [0.4, 0.5) is 5.69 Å². The minimum atomic E-state index is -0.665. The van der Waals surface area contributed by atoms with Crippen molar-refractivity contribution in [3.05, 3.63) is 41.8 Å². The molecule has 1 fully saturated rings. The molecule has 10 nitrogen and oxygen atoms in total. The summed E-state index contributed by atoms with van der Waals surface area (Å²) in [4.78, 5) is 34.9. The zero-order valence-corrected chi connectivity index (χ0v) is 19.3. The molecule has 3 aromatic heterocycles. The Bertz CT molecular complexity index is 1110. The molecule has 0 bridgehead atoms. The lowest BCUT2D eigenvalue weighted by molar-refractivity contribution is -0.119. The van der Waals surface area contributed by atoms with Crippen LogP contribution in [0.3, 0.4) is 0 Å². The van der Waals surface area contributed by atoms with E-state index in [-0.39, 0.29) is 17.7 Å². The molecule has 4 rings (SSSR count). The summed E-state index contributed by atoms with van der Waals surface area (Å²) in [5.41, 5.74) is 2.31. The van der Waals surface area contributed by atoms with E-state index in [9.17, 15) is 9.59 Å². The molecular weight excluding hydrogens is 422 g/mol. The van der Waals surface area contributed by atoms with E-state index in [1.165, 1.54) is 4.68 Å². The van der Waals surface area contributed by atoms with Crippen LogP contribution in [0.1, 0.15) is 54.5 Å². The van der Waals surface area contributed by atoms with Crippen LogP contribution in [0.25, 0.3) is 11.4 Å². The number of nitrogens with zero attached hydrogens (tertiary/aromatic N) is 5. The minimum Gasteiger partial charge on any atom is -0.361 e. The van der Waals surface area contributed by atoms with Gasteiger partial charge in [0.15, 0.2) is 5.82 Å². The largest absolute Gasteiger partial charge is 0.361 e. The molecule has 0 spiro atoms. The molecule has 10 heteroatoms. The topological polar surface area (TPSA) is 128 Å². The maximum absolute atomic E-state index is 13.3. The van der Waals surface area contributed by atoms with Crippen molar-refractivity contribution >= 4 is 17.5 Å². The van der Waals surface area contributed by atoms with E-state index in [4.69, 9.17) is 4.52 Å². The predicted octanol–water partition coefficient (Wildman–Crippen LogP) is 3.05. The molecule has 1 aliphatic carbocycles. The zero-order valence-electron chi connectivity index (χ0n) is 19.3. The Morgan fingerprint density at radius 1 is 1.15 bits per heavy atom. The van der Waals surface area contributed by atoms with Gasteiger partial charge in [0.25, 0.3) is 5.91 Å². The average Bonchev–Trinajstić information content (AvgIpc) is 3.38. The van der Waals surface area contributed by atoms with Crippen LogP contribution in [0, 0.1) is 25.7 Å². The van der Waals surface area contributed by atoms with E-state index in [0.29, 0.717) is 34.6 Å². The molecule has 1 aliphatic rings. The molecule has 1 saturated carbocycles. The van der Waals surface area contributed by atoms with E-state index in [1.807, 2.05) is 6.92 Å². The Morgan fingerprint density at radius 2 is 1.85 bits per heavy atom. The van der Waals surface area contributed by atoms with Crippen LogP contribution in [-0.4, -0.2) is 42.8 Å². The van der Waals surface area contributed by atoms with Gasteiger partial charge in [0.2, 0.25) is 5.91 Å². The quantitative estimate of drug-likeness (QED) is 0.589. The molecule has 2 amide bonds. The Morgan fingerprint density at radius 3 is 2.42 bits per heavy atom. The number of hydrogen-bond donors (Lipinski definition) is 2. The number of hydrogen-bond acceptors (Lipinski definition) is 7. The number of nitrogens with one attached hydrogen (secondary N) is 2. The third-order valence-corrected chi connectivity index (χ3v) is 6.33. The fourth-order valence-electron chi connectivity index (χ4n) is 4.37. The number of rotatable bonds is 6. The number of aromatic nitrogens is 5. The van der Waals surface area contributed by atoms with Gasteiger partial charge in [0.1, 0.15) is 17.5 Å². The highest BCUT2D eigenvalue weighted by Crippen LogP contribution is 2.31. The molecule has 3 aromatic rings. The number of carbonyl (C=O) groups excluding carboxylic acids is 2. The van der Waals surface area contributed by atoms with Crippen molar-refractivity contribution < 1.29 is 14.1 Å². The molecule has 0 saturated heterocycles. The van der Waals surface area contributed by atoms with Gasteiger partial charge in [-0.3, -0.25) is 14.3 Å². The maximum atomic E-state index is 13.3. The van der Waals surface area contributed by atoms with Crippen molar-refractivity contribution in [3.8, 4) is 11.4 Å². The molecule has 1 unspecified atom stereocenters. The molecule has 3 heterocycles. The van der Waals surface area contributed by atoms with Crippen molar-refractivity contribution in [2.75, 3.05) is 5.32 Å². The van der Waals surface area contributed by atoms with Gasteiger partial charge in [-0.25, -0.2) is 9.97 Å². The predicted molar refractivity (Wildman–Crippen MR) is 121 cm³/mol. The second kappa shape index (κ2) is 9.51. The van der Waals surface area contributed by atoms with Gasteiger partial charge in [-0.2, -0.15) is 5.10 Å². The molecule has 1 atom stereocenters. The Labute approximate surface area is 192 Å². The second-order valence-corrected chi connectivity index (χ2v) is 8.79. The highest BCUT2D eigenvalue weighted by Gasteiger charge is 2.33. The van der Waals surface area contributed by atoms with Gasteiger partial charge in [0.05, 0.1) is 29.3 Å². The zero-order chi connectivity index (χ0) is 23.5. The molecule has 0 aliphatic heterocycles. The lowest BCUT2D eigenvalue weighted by Gasteiger charge is -2.32. The summed E-state index contributed by atoms with van der Waals surface area (Å²) in [7, 11) is 1.70. The first kappa shape index (κ1) is 22.6. The fraction of sp³-hybridized carbons (Fsp3) is 0.478. The third kappa shape index (κ3) is 4.94.